The van der Waals surface area contributed by atoms with Gasteiger partial charge < -0.3 is 0 Å². The van der Waals surface area contributed by atoms with Crippen molar-refractivity contribution in [3.8, 4) is 44.5 Å². The van der Waals surface area contributed by atoms with Crippen molar-refractivity contribution in [3.05, 3.63) is 326 Å². The third kappa shape index (κ3) is 13.4. The van der Waals surface area contributed by atoms with E-state index in [0.29, 0.717) is 0 Å². The molecule has 0 saturated carbocycles. The number of hydrogen-bond donors (Lipinski definition) is 0. The summed E-state index contributed by atoms with van der Waals surface area (Å²) in [4.78, 5) is 13.1. The molecule has 2 atom stereocenters. The third-order valence-electron chi connectivity index (χ3n) is 14.0. The molecule has 12 aromatic carbocycles. The number of rotatable bonds is 14. The Morgan fingerprint density at radius 3 is 1.01 bits per heavy atom. The Bertz CT molecular complexity index is 3940. The molecule has 0 aromatic heterocycles. The molecule has 12 rings (SSSR count). The lowest BCUT2D eigenvalue weighted by Crippen LogP contribution is -2.06. The third-order valence-corrected chi connectivity index (χ3v) is 20.8. The van der Waals surface area contributed by atoms with E-state index in [2.05, 4.69) is 331 Å². The minimum Gasteiger partial charge on any atom is -0.0901 e. The van der Waals surface area contributed by atoms with Gasteiger partial charge in [0.1, 0.15) is 0 Å². The van der Waals surface area contributed by atoms with Crippen LogP contribution < -0.4 is 0 Å². The van der Waals surface area contributed by atoms with Gasteiger partial charge in [-0.2, -0.15) is 0 Å². The molecule has 0 amide bonds. The van der Waals surface area contributed by atoms with E-state index in [1.807, 2.05) is 23.5 Å². The summed E-state index contributed by atoms with van der Waals surface area (Å²) >= 11 is 3.65. The monoisotopic (exact) mass is 1100 g/mol. The molecule has 0 aliphatic heterocycles. The minimum absolute atomic E-state index is 0.174. The highest BCUT2D eigenvalue weighted by Crippen LogP contribution is 2.40. The second-order valence-electron chi connectivity index (χ2n) is 19.9. The van der Waals surface area contributed by atoms with Gasteiger partial charge in [-0.05, 0) is 211 Å². The Balaban J connectivity index is 0.000000169. The van der Waals surface area contributed by atoms with Gasteiger partial charge in [0.15, 0.2) is 29.4 Å². The molecule has 0 N–H and O–H groups in total. The SMILES string of the molecule is Cc1cc(-c2ccccc2)ccc1Sc1ccc([S+](c2ccccc2)c2ccc(-c3ccccc3)cc2C)cc1.Cc1cccc(-c2ccc(Sc3ccc([S+](c4ccccc4)c4ccc(-c5cccc(C)c5)cc4)cc3)cc2)c1. The highest BCUT2D eigenvalue weighted by atomic mass is 32.2. The quantitative estimate of drug-likeness (QED) is 0.0996. The Morgan fingerprint density at radius 1 is 0.225 bits per heavy atom. The van der Waals surface area contributed by atoms with Crippen LogP contribution in [0.1, 0.15) is 22.3 Å². The maximum Gasteiger partial charge on any atom is 0.169 e. The molecule has 388 valence electrons. The van der Waals surface area contributed by atoms with Gasteiger partial charge in [0.2, 0.25) is 0 Å². The minimum atomic E-state index is -0.184. The predicted molar refractivity (Wildman–Crippen MR) is 345 cm³/mol. The Kier molecular flexibility index (Phi) is 17.5. The van der Waals surface area contributed by atoms with Crippen molar-refractivity contribution in [1.29, 1.82) is 0 Å². The van der Waals surface area contributed by atoms with Crippen LogP contribution >= 0.6 is 23.5 Å². The summed E-state index contributed by atoms with van der Waals surface area (Å²) in [5.74, 6) is 0. The summed E-state index contributed by atoms with van der Waals surface area (Å²) in [5, 5.41) is 0. The van der Waals surface area contributed by atoms with Crippen LogP contribution in [0.3, 0.4) is 0 Å². The summed E-state index contributed by atoms with van der Waals surface area (Å²) in [6.45, 7) is 8.74. The lowest BCUT2D eigenvalue weighted by molar-refractivity contribution is 1.24. The van der Waals surface area contributed by atoms with Gasteiger partial charge in [0.25, 0.3) is 0 Å². The molecule has 0 heterocycles. The van der Waals surface area contributed by atoms with Crippen molar-refractivity contribution in [2.75, 3.05) is 0 Å². The van der Waals surface area contributed by atoms with Crippen molar-refractivity contribution < 1.29 is 0 Å². The molecule has 0 aliphatic carbocycles. The average molecular weight is 1100 g/mol. The molecule has 0 saturated heterocycles. The summed E-state index contributed by atoms with van der Waals surface area (Å²) in [6.07, 6.45) is 0. The highest BCUT2D eigenvalue weighted by Gasteiger charge is 2.31. The van der Waals surface area contributed by atoms with E-state index in [1.54, 1.807) is 0 Å². The standard InChI is InChI=1S/2C38H31S2/c1-28-26-32(30-12-6-3-7-13-30)18-24-37(28)39-34-20-22-36(23-21-34)40(35-16-10-5-11-17-35)38-25-19-33(27-29(38)2)31-14-8-4-9-15-31;1-28-8-6-10-32(26-28)30-14-18-34(19-15-30)39-35-20-24-38(25-21-35)40(36-12-4-3-5-13-36)37-22-16-31(17-23-37)33-11-7-9-29(2)27-33/h2*3-27H,1-2H3/q2*+1. The first-order valence-electron chi connectivity index (χ1n) is 27.1. The summed E-state index contributed by atoms with van der Waals surface area (Å²) in [5.41, 5.74) is 15.3. The Hall–Kier alpha value is -7.96. The molecule has 12 aromatic rings. The molecular formula is C76H62S4+2. The molecule has 80 heavy (non-hydrogen) atoms. The summed E-state index contributed by atoms with van der Waals surface area (Å²) < 4.78 is 0. The van der Waals surface area contributed by atoms with Gasteiger partial charge in [0.05, 0.1) is 21.8 Å². The van der Waals surface area contributed by atoms with E-state index in [-0.39, 0.29) is 21.8 Å². The lowest BCUT2D eigenvalue weighted by Gasteiger charge is -2.13. The molecule has 4 heteroatoms. The van der Waals surface area contributed by atoms with Gasteiger partial charge in [-0.25, -0.2) is 0 Å². The van der Waals surface area contributed by atoms with E-state index in [1.165, 1.54) is 116 Å². The zero-order valence-electron chi connectivity index (χ0n) is 45.5. The van der Waals surface area contributed by atoms with E-state index in [4.69, 9.17) is 0 Å². The van der Waals surface area contributed by atoms with E-state index in [0.717, 1.165) is 0 Å². The maximum atomic E-state index is 2.33. The van der Waals surface area contributed by atoms with Crippen molar-refractivity contribution in [2.45, 2.75) is 76.6 Å². The van der Waals surface area contributed by atoms with Gasteiger partial charge in [-0.1, -0.05) is 205 Å². The van der Waals surface area contributed by atoms with Crippen LogP contribution in [-0.2, 0) is 21.8 Å². The van der Waals surface area contributed by atoms with Crippen LogP contribution in [0, 0.1) is 27.7 Å². The maximum absolute atomic E-state index is 2.33. The predicted octanol–water partition coefficient (Wildman–Crippen LogP) is 21.8. The first-order chi connectivity index (χ1) is 39.3. The highest BCUT2D eigenvalue weighted by molar-refractivity contribution is 7.99. The van der Waals surface area contributed by atoms with Gasteiger partial charge in [-0.3, -0.25) is 0 Å². The van der Waals surface area contributed by atoms with Crippen LogP contribution in [0.25, 0.3) is 44.5 Å². The molecular weight excluding hydrogens is 1040 g/mol. The molecule has 0 spiro atoms. The Morgan fingerprint density at radius 2 is 0.550 bits per heavy atom. The smallest absolute Gasteiger partial charge is 0.0901 e. The van der Waals surface area contributed by atoms with E-state index >= 15 is 0 Å². The van der Waals surface area contributed by atoms with Gasteiger partial charge in [-0.15, -0.1) is 0 Å². The van der Waals surface area contributed by atoms with Crippen LogP contribution in [-0.4, -0.2) is 0 Å². The summed E-state index contributed by atoms with van der Waals surface area (Å²) in [7, 11) is -0.358. The molecule has 0 aliphatic rings. The largest absolute Gasteiger partial charge is 0.169 e. The molecule has 0 bridgehead atoms. The van der Waals surface area contributed by atoms with Crippen LogP contribution in [0.15, 0.2) is 352 Å². The molecule has 0 nitrogen and oxygen atoms in total. The van der Waals surface area contributed by atoms with Crippen LogP contribution in [0.4, 0.5) is 0 Å². The van der Waals surface area contributed by atoms with Crippen molar-refractivity contribution in [1.82, 2.24) is 0 Å². The molecule has 2 unspecified atom stereocenters. The first-order valence-corrected chi connectivity index (χ1v) is 31.2. The number of hydrogen-bond acceptors (Lipinski definition) is 2. The van der Waals surface area contributed by atoms with Crippen LogP contribution in [0.2, 0.25) is 0 Å². The van der Waals surface area contributed by atoms with Gasteiger partial charge in [0, 0.05) is 25.1 Å². The number of aryl methyl sites for hydroxylation is 4. The van der Waals surface area contributed by atoms with E-state index < -0.39 is 0 Å². The Labute approximate surface area is 488 Å². The van der Waals surface area contributed by atoms with Crippen molar-refractivity contribution >= 4 is 45.3 Å². The second kappa shape index (κ2) is 25.9. The fraction of sp³-hybridized carbons (Fsp3) is 0.0526. The van der Waals surface area contributed by atoms with E-state index in [9.17, 15) is 0 Å². The molecule has 0 fully saturated rings. The second-order valence-corrected chi connectivity index (χ2v) is 26.1. The average Bonchev–Trinajstić information content (AvgIpc) is 3.53. The fourth-order valence-electron chi connectivity index (χ4n) is 9.87. The zero-order valence-corrected chi connectivity index (χ0v) is 48.8. The normalized spacial score (nSPS) is 11.8. The lowest BCUT2D eigenvalue weighted by atomic mass is 10.0. The fourth-order valence-corrected chi connectivity index (χ4v) is 15.8. The van der Waals surface area contributed by atoms with Crippen LogP contribution in [0.5, 0.6) is 0 Å². The molecule has 0 radical (unpaired) electrons. The summed E-state index contributed by atoms with van der Waals surface area (Å²) in [6, 6.07) is 110. The topological polar surface area (TPSA) is 0 Å². The van der Waals surface area contributed by atoms with Crippen molar-refractivity contribution in [2.24, 2.45) is 0 Å². The zero-order chi connectivity index (χ0) is 54.6. The first kappa shape index (κ1) is 54.0. The number of benzene rings is 12. The van der Waals surface area contributed by atoms with Gasteiger partial charge >= 0.3 is 0 Å². The van der Waals surface area contributed by atoms with Crippen molar-refractivity contribution in [3.63, 3.8) is 0 Å².